The Morgan fingerprint density at radius 1 is 1.21 bits per heavy atom. The van der Waals surface area contributed by atoms with Crippen LogP contribution in [0.4, 0.5) is 4.39 Å². The van der Waals surface area contributed by atoms with E-state index in [0.29, 0.717) is 6.54 Å². The summed E-state index contributed by atoms with van der Waals surface area (Å²) in [4.78, 5) is 14.5. The van der Waals surface area contributed by atoms with E-state index in [1.807, 2.05) is 19.1 Å². The highest BCUT2D eigenvalue weighted by atomic mass is 19.1. The summed E-state index contributed by atoms with van der Waals surface area (Å²) in [6, 6.07) is 13.3. The molecular formula is C20H21FN2O. The maximum atomic E-state index is 13.4. The zero-order valence-corrected chi connectivity index (χ0v) is 13.8. The monoisotopic (exact) mass is 324 g/mol. The predicted molar refractivity (Wildman–Crippen MR) is 91.1 cm³/mol. The van der Waals surface area contributed by atoms with Crippen LogP contribution in [0, 0.1) is 12.7 Å². The van der Waals surface area contributed by atoms with E-state index in [1.54, 1.807) is 12.1 Å². The van der Waals surface area contributed by atoms with Gasteiger partial charge in [-0.2, -0.15) is 0 Å². The van der Waals surface area contributed by atoms with E-state index in [2.05, 4.69) is 22.3 Å². The van der Waals surface area contributed by atoms with Gasteiger partial charge in [-0.05, 0) is 54.2 Å². The standard InChI is InChI=1S/C20H21FN2O/c1-13-6-7-17(21)8-16(13)11-23-12-19(23)20(24)22-18-9-14-4-2-3-5-15(14)10-18/h2-8,18-19H,9-12H2,1H3,(H,22,24). The topological polar surface area (TPSA) is 32.1 Å². The van der Waals surface area contributed by atoms with Gasteiger partial charge in [-0.25, -0.2) is 4.39 Å². The fourth-order valence-electron chi connectivity index (χ4n) is 3.59. The molecule has 1 heterocycles. The molecular weight excluding hydrogens is 303 g/mol. The molecule has 1 fully saturated rings. The highest BCUT2D eigenvalue weighted by Crippen LogP contribution is 2.25. The highest BCUT2D eigenvalue weighted by Gasteiger charge is 2.41. The van der Waals surface area contributed by atoms with Crippen molar-refractivity contribution in [3.63, 3.8) is 0 Å². The fourth-order valence-corrected chi connectivity index (χ4v) is 3.59. The summed E-state index contributed by atoms with van der Waals surface area (Å²) in [6.07, 6.45) is 1.83. The first-order valence-corrected chi connectivity index (χ1v) is 8.46. The van der Waals surface area contributed by atoms with Gasteiger partial charge in [0.2, 0.25) is 5.91 Å². The number of benzene rings is 2. The third-order valence-corrected chi connectivity index (χ3v) is 5.10. The molecule has 0 saturated carbocycles. The number of aryl methyl sites for hydroxylation is 1. The molecule has 2 atom stereocenters. The van der Waals surface area contributed by atoms with E-state index in [1.165, 1.54) is 17.2 Å². The Balaban J connectivity index is 1.32. The first-order valence-electron chi connectivity index (χ1n) is 8.46. The number of fused-ring (bicyclic) bond motifs is 1. The molecule has 1 N–H and O–H groups in total. The normalized spacial score (nSPS) is 22.2. The Labute approximate surface area is 141 Å². The van der Waals surface area contributed by atoms with Crippen molar-refractivity contribution in [1.82, 2.24) is 10.2 Å². The molecule has 1 saturated heterocycles. The number of nitrogens with zero attached hydrogens (tertiary/aromatic N) is 1. The smallest absolute Gasteiger partial charge is 0.238 e. The average Bonchev–Trinajstić information content (AvgIpc) is 3.20. The number of hydrogen-bond donors (Lipinski definition) is 1. The zero-order chi connectivity index (χ0) is 16.7. The van der Waals surface area contributed by atoms with Crippen molar-refractivity contribution in [2.75, 3.05) is 6.54 Å². The third kappa shape index (κ3) is 3.06. The number of amides is 1. The van der Waals surface area contributed by atoms with Gasteiger partial charge in [0.1, 0.15) is 11.9 Å². The Hall–Kier alpha value is -2.20. The van der Waals surface area contributed by atoms with Crippen molar-refractivity contribution in [2.24, 2.45) is 0 Å². The minimum atomic E-state index is -0.220. The third-order valence-electron chi connectivity index (χ3n) is 5.10. The Bertz CT molecular complexity index is 764. The van der Waals surface area contributed by atoms with E-state index < -0.39 is 0 Å². The molecule has 1 aliphatic carbocycles. The van der Waals surface area contributed by atoms with Gasteiger partial charge in [-0.1, -0.05) is 30.3 Å². The molecule has 4 rings (SSSR count). The summed E-state index contributed by atoms with van der Waals surface area (Å²) in [5.74, 6) is -0.121. The van der Waals surface area contributed by atoms with Gasteiger partial charge < -0.3 is 5.32 Å². The summed E-state index contributed by atoms with van der Waals surface area (Å²) in [7, 11) is 0. The van der Waals surface area contributed by atoms with Crippen molar-refractivity contribution in [1.29, 1.82) is 0 Å². The van der Waals surface area contributed by atoms with Gasteiger partial charge in [0.25, 0.3) is 0 Å². The zero-order valence-electron chi connectivity index (χ0n) is 13.8. The van der Waals surface area contributed by atoms with Gasteiger partial charge in [0.05, 0.1) is 0 Å². The maximum Gasteiger partial charge on any atom is 0.238 e. The number of halogens is 1. The number of carbonyl (C=O) groups excluding carboxylic acids is 1. The second-order valence-corrected chi connectivity index (χ2v) is 6.90. The number of nitrogens with one attached hydrogen (secondary N) is 1. The summed E-state index contributed by atoms with van der Waals surface area (Å²) in [5.41, 5.74) is 4.70. The predicted octanol–water partition coefficient (Wildman–Crippen LogP) is 2.60. The maximum absolute atomic E-state index is 13.4. The van der Waals surface area contributed by atoms with Crippen molar-refractivity contribution < 1.29 is 9.18 Å². The van der Waals surface area contributed by atoms with Crippen molar-refractivity contribution >= 4 is 5.91 Å². The molecule has 0 spiro atoms. The van der Waals surface area contributed by atoms with Crippen LogP contribution < -0.4 is 5.32 Å². The molecule has 1 amide bonds. The molecule has 2 unspecified atom stereocenters. The second kappa shape index (κ2) is 6.02. The van der Waals surface area contributed by atoms with E-state index in [4.69, 9.17) is 0 Å². The average molecular weight is 324 g/mol. The SMILES string of the molecule is Cc1ccc(F)cc1CN1CC1C(=O)NC1Cc2ccccc2C1. The Morgan fingerprint density at radius 2 is 1.92 bits per heavy atom. The van der Waals surface area contributed by atoms with Crippen LogP contribution in [-0.2, 0) is 24.2 Å². The van der Waals surface area contributed by atoms with Crippen molar-refractivity contribution in [2.45, 2.75) is 38.4 Å². The van der Waals surface area contributed by atoms with Crippen LogP contribution in [0.25, 0.3) is 0 Å². The summed E-state index contributed by atoms with van der Waals surface area (Å²) in [6.45, 7) is 3.36. The Morgan fingerprint density at radius 3 is 2.62 bits per heavy atom. The molecule has 24 heavy (non-hydrogen) atoms. The number of rotatable bonds is 4. The lowest BCUT2D eigenvalue weighted by molar-refractivity contribution is -0.122. The van der Waals surface area contributed by atoms with Crippen molar-refractivity contribution in [3.8, 4) is 0 Å². The summed E-state index contributed by atoms with van der Waals surface area (Å²) >= 11 is 0. The van der Waals surface area contributed by atoms with Crippen molar-refractivity contribution in [3.05, 3.63) is 70.5 Å². The second-order valence-electron chi connectivity index (χ2n) is 6.90. The van der Waals surface area contributed by atoms with Gasteiger partial charge in [-0.15, -0.1) is 0 Å². The molecule has 0 radical (unpaired) electrons. The molecule has 0 bridgehead atoms. The molecule has 124 valence electrons. The highest BCUT2D eigenvalue weighted by molar-refractivity contribution is 5.85. The molecule has 4 heteroatoms. The first-order chi connectivity index (χ1) is 11.6. The minimum absolute atomic E-state index is 0.0728. The van der Waals surface area contributed by atoms with E-state index in [9.17, 15) is 9.18 Å². The Kier molecular flexibility index (Phi) is 3.85. The van der Waals surface area contributed by atoms with Gasteiger partial charge >= 0.3 is 0 Å². The van der Waals surface area contributed by atoms with Crippen LogP contribution in [0.3, 0.4) is 0 Å². The number of carbonyl (C=O) groups is 1. The molecule has 2 aromatic rings. The van der Waals surface area contributed by atoms with Crippen LogP contribution in [0.5, 0.6) is 0 Å². The van der Waals surface area contributed by atoms with Gasteiger partial charge in [0, 0.05) is 19.1 Å². The molecule has 0 aromatic heterocycles. The minimum Gasteiger partial charge on any atom is -0.351 e. The van der Waals surface area contributed by atoms with Gasteiger partial charge in [-0.3, -0.25) is 9.69 Å². The quantitative estimate of drug-likeness (QED) is 0.877. The van der Waals surface area contributed by atoms with Crippen LogP contribution in [0.2, 0.25) is 0 Å². The lowest BCUT2D eigenvalue weighted by Crippen LogP contribution is -2.39. The molecule has 1 aliphatic heterocycles. The van der Waals surface area contributed by atoms with E-state index in [0.717, 1.165) is 30.5 Å². The lowest BCUT2D eigenvalue weighted by Gasteiger charge is -2.12. The van der Waals surface area contributed by atoms with Crippen LogP contribution in [-0.4, -0.2) is 29.4 Å². The molecule has 2 aromatic carbocycles. The van der Waals surface area contributed by atoms with Crippen LogP contribution in [0.15, 0.2) is 42.5 Å². The summed E-state index contributed by atoms with van der Waals surface area (Å²) in [5, 5.41) is 3.17. The summed E-state index contributed by atoms with van der Waals surface area (Å²) < 4.78 is 13.4. The van der Waals surface area contributed by atoms with Gasteiger partial charge in [0.15, 0.2) is 0 Å². The number of hydrogen-bond acceptors (Lipinski definition) is 2. The van der Waals surface area contributed by atoms with E-state index in [-0.39, 0.29) is 23.8 Å². The van der Waals surface area contributed by atoms with Crippen LogP contribution >= 0.6 is 0 Å². The lowest BCUT2D eigenvalue weighted by atomic mass is 10.1. The first kappa shape index (κ1) is 15.3. The van der Waals surface area contributed by atoms with E-state index >= 15 is 0 Å². The molecule has 3 nitrogen and oxygen atoms in total. The molecule has 2 aliphatic rings. The fraction of sp³-hybridized carbons (Fsp3) is 0.350. The van der Waals surface area contributed by atoms with Crippen LogP contribution in [0.1, 0.15) is 22.3 Å². The largest absolute Gasteiger partial charge is 0.351 e.